The van der Waals surface area contributed by atoms with Gasteiger partial charge < -0.3 is 5.32 Å². The van der Waals surface area contributed by atoms with E-state index in [2.05, 4.69) is 15.3 Å². The first-order valence-electron chi connectivity index (χ1n) is 6.91. The number of anilines is 1. The topological polar surface area (TPSA) is 72.0 Å². The van der Waals surface area contributed by atoms with Crippen molar-refractivity contribution < 1.29 is 8.42 Å². The van der Waals surface area contributed by atoms with Crippen LogP contribution in [0, 0.1) is 0 Å². The lowest BCUT2D eigenvalue weighted by molar-refractivity contribution is 0.585. The van der Waals surface area contributed by atoms with Crippen LogP contribution in [0.2, 0.25) is 5.02 Å². The van der Waals surface area contributed by atoms with Crippen LogP contribution < -0.4 is 5.32 Å². The fraction of sp³-hybridized carbons (Fsp3) is 0.333. The number of nitrogens with one attached hydrogen (secondary N) is 1. The van der Waals surface area contributed by atoms with Crippen LogP contribution in [0.3, 0.4) is 0 Å². The van der Waals surface area contributed by atoms with E-state index in [9.17, 15) is 8.42 Å². The van der Waals surface area contributed by atoms with Crippen LogP contribution in [-0.4, -0.2) is 35.9 Å². The number of rotatable bonds is 5. The molecule has 22 heavy (non-hydrogen) atoms. The maximum absolute atomic E-state index is 11.8. The number of nitrogens with zero attached hydrogens (tertiary/aromatic N) is 2. The van der Waals surface area contributed by atoms with Gasteiger partial charge in [0, 0.05) is 29.5 Å². The molecule has 1 saturated carbocycles. The molecule has 1 aliphatic rings. The van der Waals surface area contributed by atoms with Gasteiger partial charge in [0.05, 0.1) is 10.4 Å². The van der Waals surface area contributed by atoms with Crippen LogP contribution >= 0.6 is 11.6 Å². The molecule has 0 unspecified atom stereocenters. The van der Waals surface area contributed by atoms with Crippen molar-refractivity contribution in [3.05, 3.63) is 41.7 Å². The monoisotopic (exact) mass is 337 g/mol. The molecule has 116 valence electrons. The summed E-state index contributed by atoms with van der Waals surface area (Å²) in [6, 6.07) is 9.19. The first-order valence-corrected chi connectivity index (χ1v) is 9.18. The minimum atomic E-state index is -3.05. The first kappa shape index (κ1) is 15.2. The molecule has 0 saturated heterocycles. The maximum Gasteiger partial charge on any atom is 0.154 e. The zero-order valence-electron chi connectivity index (χ0n) is 12.1. The van der Waals surface area contributed by atoms with E-state index in [0.717, 1.165) is 11.3 Å². The van der Waals surface area contributed by atoms with Gasteiger partial charge in [0.2, 0.25) is 0 Å². The Balaban J connectivity index is 1.78. The number of sulfone groups is 1. The molecule has 0 radical (unpaired) electrons. The lowest BCUT2D eigenvalue weighted by Gasteiger charge is -2.14. The van der Waals surface area contributed by atoms with Crippen LogP contribution in [0.15, 0.2) is 36.7 Å². The highest BCUT2D eigenvalue weighted by atomic mass is 35.5. The van der Waals surface area contributed by atoms with Crippen LogP contribution in [0.4, 0.5) is 5.82 Å². The third-order valence-corrected chi connectivity index (χ3v) is 6.33. The fourth-order valence-electron chi connectivity index (χ4n) is 2.33. The van der Waals surface area contributed by atoms with Gasteiger partial charge in [0.1, 0.15) is 12.1 Å². The molecule has 0 amide bonds. The number of benzene rings is 1. The molecule has 5 nitrogen and oxygen atoms in total. The van der Waals surface area contributed by atoms with Crippen molar-refractivity contribution in [2.24, 2.45) is 0 Å². The third-order valence-electron chi connectivity index (χ3n) is 3.97. The molecule has 1 aromatic carbocycles. The van der Waals surface area contributed by atoms with Crippen LogP contribution in [0.5, 0.6) is 0 Å². The van der Waals surface area contributed by atoms with E-state index in [1.54, 1.807) is 12.1 Å². The molecule has 0 aliphatic heterocycles. The Labute approximate surface area is 134 Å². The van der Waals surface area contributed by atoms with Gasteiger partial charge >= 0.3 is 0 Å². The first-order chi connectivity index (χ1) is 10.4. The second-order valence-corrected chi connectivity index (χ2v) is 8.45. The predicted molar refractivity (Wildman–Crippen MR) is 87.8 cm³/mol. The van der Waals surface area contributed by atoms with Gasteiger partial charge in [-0.1, -0.05) is 23.7 Å². The molecular weight excluding hydrogens is 322 g/mol. The van der Waals surface area contributed by atoms with E-state index in [1.165, 1.54) is 12.6 Å². The minimum Gasteiger partial charge on any atom is -0.368 e. The van der Waals surface area contributed by atoms with Crippen molar-refractivity contribution in [3.63, 3.8) is 0 Å². The van der Waals surface area contributed by atoms with Gasteiger partial charge in [-0.15, -0.1) is 0 Å². The molecular formula is C15H16ClN3O2S. The molecule has 1 aromatic heterocycles. The zero-order chi connectivity index (χ0) is 15.8. The molecule has 1 aliphatic carbocycles. The second-order valence-electron chi connectivity index (χ2n) is 5.61. The number of hydrogen-bond acceptors (Lipinski definition) is 5. The largest absolute Gasteiger partial charge is 0.368 e. The Morgan fingerprint density at radius 1 is 1.27 bits per heavy atom. The number of hydrogen-bond donors (Lipinski definition) is 1. The zero-order valence-corrected chi connectivity index (χ0v) is 13.7. The average Bonchev–Trinajstić information content (AvgIpc) is 3.26. The van der Waals surface area contributed by atoms with Crippen molar-refractivity contribution in [1.82, 2.24) is 9.97 Å². The van der Waals surface area contributed by atoms with Crippen molar-refractivity contribution in [1.29, 1.82) is 0 Å². The highest BCUT2D eigenvalue weighted by Gasteiger charge is 2.51. The van der Waals surface area contributed by atoms with Crippen LogP contribution in [-0.2, 0) is 9.84 Å². The van der Waals surface area contributed by atoms with E-state index < -0.39 is 14.6 Å². The SMILES string of the molecule is CS(=O)(=O)C1(CNc2cc(-c3cccc(Cl)c3)ncn2)CC1. The van der Waals surface area contributed by atoms with E-state index >= 15 is 0 Å². The van der Waals surface area contributed by atoms with Gasteiger partial charge in [-0.05, 0) is 25.0 Å². The van der Waals surface area contributed by atoms with Crippen molar-refractivity contribution in [3.8, 4) is 11.3 Å². The summed E-state index contributed by atoms with van der Waals surface area (Å²) in [6.07, 6.45) is 4.15. The molecule has 1 N–H and O–H groups in total. The Hall–Kier alpha value is -1.66. The second kappa shape index (κ2) is 5.52. The Morgan fingerprint density at radius 2 is 2.05 bits per heavy atom. The minimum absolute atomic E-state index is 0.373. The average molecular weight is 338 g/mol. The van der Waals surface area contributed by atoms with Crippen LogP contribution in [0.1, 0.15) is 12.8 Å². The lowest BCUT2D eigenvalue weighted by atomic mass is 10.1. The summed E-state index contributed by atoms with van der Waals surface area (Å²) < 4.78 is 22.9. The summed E-state index contributed by atoms with van der Waals surface area (Å²) in [5.41, 5.74) is 1.63. The van der Waals surface area contributed by atoms with Crippen molar-refractivity contribution in [2.75, 3.05) is 18.1 Å². The lowest BCUT2D eigenvalue weighted by Crippen LogP contribution is -2.30. The summed E-state index contributed by atoms with van der Waals surface area (Å²) in [4.78, 5) is 8.38. The van der Waals surface area contributed by atoms with E-state index in [4.69, 9.17) is 11.6 Å². The fourth-order valence-corrected chi connectivity index (χ4v) is 3.70. The van der Waals surface area contributed by atoms with Crippen molar-refractivity contribution >= 4 is 27.3 Å². The highest BCUT2D eigenvalue weighted by Crippen LogP contribution is 2.43. The number of halogens is 1. The Bertz CT molecular complexity index is 804. The normalized spacial score (nSPS) is 16.3. The molecule has 1 fully saturated rings. The molecule has 0 atom stereocenters. The van der Waals surface area contributed by atoms with E-state index in [-0.39, 0.29) is 0 Å². The molecule has 3 rings (SSSR count). The third kappa shape index (κ3) is 3.08. The summed E-state index contributed by atoms with van der Waals surface area (Å²) >= 11 is 5.99. The predicted octanol–water partition coefficient (Wildman–Crippen LogP) is 2.79. The standard InChI is InChI=1S/C15H16ClN3O2S/c1-22(20,21)15(5-6-15)9-17-14-8-13(18-10-19-14)11-3-2-4-12(16)7-11/h2-4,7-8,10H,5-6,9H2,1H3,(H,17,18,19). The van der Waals surface area contributed by atoms with E-state index in [1.807, 2.05) is 18.2 Å². The molecule has 0 bridgehead atoms. The molecule has 1 heterocycles. The quantitative estimate of drug-likeness (QED) is 0.908. The van der Waals surface area contributed by atoms with E-state index in [0.29, 0.717) is 30.2 Å². The van der Waals surface area contributed by atoms with Gasteiger partial charge in [0.25, 0.3) is 0 Å². The van der Waals surface area contributed by atoms with Gasteiger partial charge in [-0.2, -0.15) is 0 Å². The smallest absolute Gasteiger partial charge is 0.154 e. The Morgan fingerprint density at radius 3 is 2.68 bits per heavy atom. The van der Waals surface area contributed by atoms with Crippen molar-refractivity contribution in [2.45, 2.75) is 17.6 Å². The maximum atomic E-state index is 11.8. The molecule has 0 spiro atoms. The molecule has 7 heteroatoms. The van der Waals surface area contributed by atoms with Gasteiger partial charge in [0.15, 0.2) is 9.84 Å². The van der Waals surface area contributed by atoms with Gasteiger partial charge in [-0.25, -0.2) is 18.4 Å². The van der Waals surface area contributed by atoms with Gasteiger partial charge in [-0.3, -0.25) is 0 Å². The summed E-state index contributed by atoms with van der Waals surface area (Å²) in [5.74, 6) is 0.611. The summed E-state index contributed by atoms with van der Waals surface area (Å²) in [7, 11) is -3.05. The number of aromatic nitrogens is 2. The Kier molecular flexibility index (Phi) is 3.82. The summed E-state index contributed by atoms with van der Waals surface area (Å²) in [5, 5.41) is 3.75. The van der Waals surface area contributed by atoms with Crippen LogP contribution in [0.25, 0.3) is 11.3 Å². The summed E-state index contributed by atoms with van der Waals surface area (Å²) in [6.45, 7) is 0.373. The molecule has 2 aromatic rings. The highest BCUT2D eigenvalue weighted by molar-refractivity contribution is 7.92.